The summed E-state index contributed by atoms with van der Waals surface area (Å²) < 4.78 is 28.7. The molecular weight excluding hydrogens is 264 g/mol. The average molecular weight is 284 g/mol. The number of benzene rings is 1. The monoisotopic (exact) mass is 284 g/mol. The highest BCUT2D eigenvalue weighted by atomic mass is 32.2. The van der Waals surface area contributed by atoms with E-state index in [9.17, 15) is 13.2 Å². The Labute approximate surface area is 114 Å². The maximum absolute atomic E-state index is 11.9. The summed E-state index contributed by atoms with van der Waals surface area (Å²) >= 11 is 0. The van der Waals surface area contributed by atoms with E-state index in [0.717, 1.165) is 24.0 Å². The number of aryl methyl sites for hydroxylation is 1. The number of rotatable bonds is 7. The van der Waals surface area contributed by atoms with E-state index in [1.54, 1.807) is 12.1 Å². The normalized spacial score (nSPS) is 11.3. The summed E-state index contributed by atoms with van der Waals surface area (Å²) in [4.78, 5) is 11.4. The Hall–Kier alpha value is -1.36. The van der Waals surface area contributed by atoms with Gasteiger partial charge in [-0.1, -0.05) is 37.6 Å². The van der Waals surface area contributed by atoms with E-state index in [4.69, 9.17) is 4.74 Å². The molecule has 4 nitrogen and oxygen atoms in total. The molecule has 1 aromatic rings. The molecule has 0 aliphatic rings. The molecule has 106 valence electrons. The summed E-state index contributed by atoms with van der Waals surface area (Å²) in [6.07, 6.45) is 1.66. The van der Waals surface area contributed by atoms with Gasteiger partial charge in [0, 0.05) is 0 Å². The predicted octanol–water partition coefficient (Wildman–Crippen LogP) is 2.25. The predicted molar refractivity (Wildman–Crippen MR) is 74.5 cm³/mol. The van der Waals surface area contributed by atoms with Gasteiger partial charge in [-0.05, 0) is 24.5 Å². The molecule has 1 aromatic carbocycles. The van der Waals surface area contributed by atoms with Gasteiger partial charge in [-0.15, -0.1) is 0 Å². The number of hydrogen-bond donors (Lipinski definition) is 0. The van der Waals surface area contributed by atoms with Crippen molar-refractivity contribution in [2.75, 3.05) is 12.4 Å². The molecule has 0 unspecified atom stereocenters. The van der Waals surface area contributed by atoms with Crippen LogP contribution in [0, 0.1) is 6.92 Å². The Bertz CT molecular complexity index is 520. The van der Waals surface area contributed by atoms with Gasteiger partial charge >= 0.3 is 5.97 Å². The third-order valence-electron chi connectivity index (χ3n) is 2.74. The second-order valence-corrected chi connectivity index (χ2v) is 6.60. The lowest BCUT2D eigenvalue weighted by atomic mass is 10.1. The second-order valence-electron chi connectivity index (χ2n) is 4.53. The molecule has 0 aromatic heterocycles. The molecule has 0 spiro atoms. The van der Waals surface area contributed by atoms with Crippen LogP contribution in [0.4, 0.5) is 0 Å². The van der Waals surface area contributed by atoms with Gasteiger partial charge in [-0.25, -0.2) is 8.42 Å². The molecule has 0 radical (unpaired) electrons. The van der Waals surface area contributed by atoms with Crippen molar-refractivity contribution in [3.63, 3.8) is 0 Å². The van der Waals surface area contributed by atoms with E-state index in [1.807, 2.05) is 26.0 Å². The van der Waals surface area contributed by atoms with Crippen LogP contribution in [0.3, 0.4) is 0 Å². The van der Waals surface area contributed by atoms with Crippen molar-refractivity contribution in [1.82, 2.24) is 0 Å². The average Bonchev–Trinajstić information content (AvgIpc) is 2.31. The lowest BCUT2D eigenvalue weighted by Gasteiger charge is -2.07. The van der Waals surface area contributed by atoms with Crippen LogP contribution in [0.25, 0.3) is 0 Å². The third kappa shape index (κ3) is 5.87. The molecule has 0 saturated heterocycles. The molecular formula is C14H20O4S. The third-order valence-corrected chi connectivity index (χ3v) is 4.16. The Balaban J connectivity index is 2.57. The van der Waals surface area contributed by atoms with E-state index in [1.165, 1.54) is 0 Å². The lowest BCUT2D eigenvalue weighted by molar-refractivity contribution is -0.140. The molecule has 0 heterocycles. The highest BCUT2D eigenvalue weighted by molar-refractivity contribution is 7.91. The minimum Gasteiger partial charge on any atom is -0.465 e. The first-order valence-corrected chi connectivity index (χ1v) is 8.17. The Kier molecular flexibility index (Phi) is 6.02. The van der Waals surface area contributed by atoms with E-state index < -0.39 is 21.6 Å². The van der Waals surface area contributed by atoms with E-state index in [2.05, 4.69) is 0 Å². The van der Waals surface area contributed by atoms with Crippen LogP contribution in [0.2, 0.25) is 0 Å². The number of sulfone groups is 1. The maximum atomic E-state index is 11.9. The van der Waals surface area contributed by atoms with Crippen molar-refractivity contribution in [2.45, 2.75) is 32.4 Å². The van der Waals surface area contributed by atoms with Gasteiger partial charge in [0.1, 0.15) is 5.75 Å². The van der Waals surface area contributed by atoms with Gasteiger partial charge < -0.3 is 4.74 Å². The van der Waals surface area contributed by atoms with Crippen molar-refractivity contribution < 1.29 is 17.9 Å². The number of carbonyl (C=O) groups is 1. The van der Waals surface area contributed by atoms with E-state index in [-0.39, 0.29) is 12.4 Å². The first-order valence-electron chi connectivity index (χ1n) is 6.35. The highest BCUT2D eigenvalue weighted by Crippen LogP contribution is 2.12. The minimum atomic E-state index is -3.47. The maximum Gasteiger partial charge on any atom is 0.321 e. The van der Waals surface area contributed by atoms with Crippen LogP contribution in [0.1, 0.15) is 30.9 Å². The molecule has 0 saturated carbocycles. The van der Waals surface area contributed by atoms with Gasteiger partial charge in [0.15, 0.2) is 9.84 Å². The van der Waals surface area contributed by atoms with Crippen LogP contribution in [0.5, 0.6) is 0 Å². The summed E-state index contributed by atoms with van der Waals surface area (Å²) in [6, 6.07) is 7.25. The summed E-state index contributed by atoms with van der Waals surface area (Å²) in [5.41, 5.74) is 1.63. The van der Waals surface area contributed by atoms with Crippen molar-refractivity contribution in [3.8, 4) is 0 Å². The summed E-state index contributed by atoms with van der Waals surface area (Å²) in [6.45, 7) is 4.11. The molecule has 1 rings (SSSR count). The van der Waals surface area contributed by atoms with Gasteiger partial charge in [-0.2, -0.15) is 0 Å². The first kappa shape index (κ1) is 15.7. The molecule has 0 fully saturated rings. The summed E-state index contributed by atoms with van der Waals surface area (Å²) in [5, 5.41) is 0. The number of ether oxygens (including phenoxy) is 1. The van der Waals surface area contributed by atoms with Crippen molar-refractivity contribution in [2.24, 2.45) is 0 Å². The van der Waals surface area contributed by atoms with Crippen LogP contribution in [-0.2, 0) is 25.1 Å². The van der Waals surface area contributed by atoms with Crippen molar-refractivity contribution >= 4 is 15.8 Å². The van der Waals surface area contributed by atoms with Crippen LogP contribution >= 0.6 is 0 Å². The number of hydrogen-bond acceptors (Lipinski definition) is 4. The zero-order valence-corrected chi connectivity index (χ0v) is 12.2. The van der Waals surface area contributed by atoms with Crippen molar-refractivity contribution in [1.29, 1.82) is 0 Å². The first-order chi connectivity index (χ1) is 8.94. The molecule has 0 N–H and O–H groups in total. The van der Waals surface area contributed by atoms with Gasteiger partial charge in [0.25, 0.3) is 0 Å². The van der Waals surface area contributed by atoms with Gasteiger partial charge in [0.2, 0.25) is 0 Å². The van der Waals surface area contributed by atoms with Gasteiger partial charge in [0.05, 0.1) is 12.4 Å². The number of esters is 1. The Morgan fingerprint density at radius 1 is 1.26 bits per heavy atom. The van der Waals surface area contributed by atoms with Crippen molar-refractivity contribution in [3.05, 3.63) is 35.4 Å². The quantitative estimate of drug-likeness (QED) is 0.569. The second kappa shape index (κ2) is 7.28. The van der Waals surface area contributed by atoms with E-state index >= 15 is 0 Å². The SMILES string of the molecule is CCCCOC(=O)CS(=O)(=O)Cc1ccccc1C. The summed E-state index contributed by atoms with van der Waals surface area (Å²) in [5.74, 6) is -1.34. The topological polar surface area (TPSA) is 60.4 Å². The number of unbranched alkanes of at least 4 members (excludes halogenated alkanes) is 1. The Morgan fingerprint density at radius 3 is 2.58 bits per heavy atom. The summed E-state index contributed by atoms with van der Waals surface area (Å²) in [7, 11) is -3.47. The molecule has 19 heavy (non-hydrogen) atoms. The van der Waals surface area contributed by atoms with Crippen LogP contribution in [0.15, 0.2) is 24.3 Å². The molecule has 0 amide bonds. The fraction of sp³-hybridized carbons (Fsp3) is 0.500. The molecule has 0 aliphatic carbocycles. The minimum absolute atomic E-state index is 0.122. The smallest absolute Gasteiger partial charge is 0.321 e. The zero-order valence-electron chi connectivity index (χ0n) is 11.4. The molecule has 0 bridgehead atoms. The van der Waals surface area contributed by atoms with Crippen LogP contribution in [-0.4, -0.2) is 26.7 Å². The van der Waals surface area contributed by atoms with Gasteiger partial charge in [-0.3, -0.25) is 4.79 Å². The van der Waals surface area contributed by atoms with E-state index in [0.29, 0.717) is 0 Å². The fourth-order valence-corrected chi connectivity index (χ4v) is 2.95. The molecule has 0 aliphatic heterocycles. The highest BCUT2D eigenvalue weighted by Gasteiger charge is 2.19. The largest absolute Gasteiger partial charge is 0.465 e. The van der Waals surface area contributed by atoms with Crippen LogP contribution < -0.4 is 0 Å². The molecule has 0 atom stereocenters. The standard InChI is InChI=1S/C14H20O4S/c1-3-4-9-18-14(15)11-19(16,17)10-13-8-6-5-7-12(13)2/h5-8H,3-4,9-11H2,1-2H3. The number of carbonyl (C=O) groups excluding carboxylic acids is 1. The molecule has 5 heteroatoms. The fourth-order valence-electron chi connectivity index (χ4n) is 1.61. The zero-order chi connectivity index (χ0) is 14.3. The lowest BCUT2D eigenvalue weighted by Crippen LogP contribution is -2.20. The Morgan fingerprint density at radius 2 is 1.95 bits per heavy atom.